The summed E-state index contributed by atoms with van der Waals surface area (Å²) in [5.74, 6) is -0.358. The average Bonchev–Trinajstić information content (AvgIpc) is 3.26. The maximum absolute atomic E-state index is 12.6. The molecule has 2 N–H and O–H groups in total. The highest BCUT2D eigenvalue weighted by Crippen LogP contribution is 2.31. The summed E-state index contributed by atoms with van der Waals surface area (Å²) >= 11 is 0. The highest BCUT2D eigenvalue weighted by atomic mass is 16.6. The normalized spacial score (nSPS) is 11.1. The molecule has 0 unspecified atom stereocenters. The topological polar surface area (TPSA) is 114 Å². The van der Waals surface area contributed by atoms with E-state index < -0.39 is 16.7 Å². The van der Waals surface area contributed by atoms with Gasteiger partial charge in [0.1, 0.15) is 17.2 Å². The number of nitro benzene ring substituents is 1. The van der Waals surface area contributed by atoms with Gasteiger partial charge in [-0.2, -0.15) is 0 Å². The van der Waals surface area contributed by atoms with Gasteiger partial charge in [0.25, 0.3) is 17.5 Å². The van der Waals surface area contributed by atoms with Crippen molar-refractivity contribution in [1.82, 2.24) is 10.6 Å². The number of hydrogen-bond donors (Lipinski definition) is 2. The second kappa shape index (κ2) is 10.0. The van der Waals surface area contributed by atoms with Crippen LogP contribution in [-0.2, 0) is 4.79 Å². The van der Waals surface area contributed by atoms with Crippen LogP contribution in [0, 0.1) is 10.1 Å². The van der Waals surface area contributed by atoms with Crippen molar-refractivity contribution in [3.8, 4) is 11.3 Å². The Balaban J connectivity index is 1.91. The quantitative estimate of drug-likeness (QED) is 0.323. The number of hydrogen-bond acceptors (Lipinski definition) is 5. The van der Waals surface area contributed by atoms with Crippen molar-refractivity contribution in [2.45, 2.75) is 13.3 Å². The van der Waals surface area contributed by atoms with Gasteiger partial charge in [0.15, 0.2) is 0 Å². The molecule has 2 aromatic carbocycles. The number of furan rings is 1. The highest BCUT2D eigenvalue weighted by Gasteiger charge is 2.18. The summed E-state index contributed by atoms with van der Waals surface area (Å²) in [4.78, 5) is 35.9. The summed E-state index contributed by atoms with van der Waals surface area (Å²) in [5.41, 5.74) is 0.630. The third kappa shape index (κ3) is 5.45. The summed E-state index contributed by atoms with van der Waals surface area (Å²) in [5, 5.41) is 16.6. The van der Waals surface area contributed by atoms with Crippen molar-refractivity contribution in [2.75, 3.05) is 6.54 Å². The Morgan fingerprint density at radius 3 is 2.45 bits per heavy atom. The molecule has 0 aliphatic heterocycles. The van der Waals surface area contributed by atoms with Gasteiger partial charge in [-0.15, -0.1) is 0 Å². The van der Waals surface area contributed by atoms with Crippen LogP contribution < -0.4 is 10.6 Å². The molecule has 8 heteroatoms. The first-order chi connectivity index (χ1) is 15.0. The van der Waals surface area contributed by atoms with E-state index >= 15 is 0 Å². The van der Waals surface area contributed by atoms with Gasteiger partial charge in [0.2, 0.25) is 0 Å². The molecule has 0 saturated heterocycles. The van der Waals surface area contributed by atoms with Gasteiger partial charge in [-0.1, -0.05) is 37.3 Å². The summed E-state index contributed by atoms with van der Waals surface area (Å²) in [6.45, 7) is 2.36. The highest BCUT2D eigenvalue weighted by molar-refractivity contribution is 6.05. The largest absolute Gasteiger partial charge is 0.456 e. The Morgan fingerprint density at radius 1 is 1.03 bits per heavy atom. The lowest BCUT2D eigenvalue weighted by molar-refractivity contribution is -0.384. The molecule has 0 aliphatic carbocycles. The molecule has 3 rings (SSSR count). The number of rotatable bonds is 8. The summed E-state index contributed by atoms with van der Waals surface area (Å²) in [7, 11) is 0. The van der Waals surface area contributed by atoms with E-state index in [4.69, 9.17) is 4.42 Å². The monoisotopic (exact) mass is 419 g/mol. The lowest BCUT2D eigenvalue weighted by atomic mass is 10.1. The lowest BCUT2D eigenvalue weighted by Gasteiger charge is -2.10. The molecular formula is C23H21N3O5. The molecule has 0 saturated carbocycles. The Labute approximate surface area is 178 Å². The fourth-order valence-corrected chi connectivity index (χ4v) is 2.83. The second-order valence-corrected chi connectivity index (χ2v) is 6.61. The van der Waals surface area contributed by atoms with Crippen molar-refractivity contribution in [3.05, 3.63) is 93.9 Å². The van der Waals surface area contributed by atoms with E-state index in [9.17, 15) is 19.7 Å². The van der Waals surface area contributed by atoms with E-state index in [-0.39, 0.29) is 22.9 Å². The first kappa shape index (κ1) is 21.5. The van der Waals surface area contributed by atoms with E-state index in [0.29, 0.717) is 17.7 Å². The van der Waals surface area contributed by atoms with Gasteiger partial charge in [-0.3, -0.25) is 19.7 Å². The Hall–Kier alpha value is -4.20. The van der Waals surface area contributed by atoms with Gasteiger partial charge in [0, 0.05) is 24.3 Å². The smallest absolute Gasteiger partial charge is 0.280 e. The lowest BCUT2D eigenvalue weighted by Crippen LogP contribution is -2.35. The number of nitrogens with one attached hydrogen (secondary N) is 2. The minimum Gasteiger partial charge on any atom is -0.456 e. The molecule has 8 nitrogen and oxygen atoms in total. The van der Waals surface area contributed by atoms with Crippen LogP contribution in [0.1, 0.15) is 29.5 Å². The maximum Gasteiger partial charge on any atom is 0.280 e. The van der Waals surface area contributed by atoms with Gasteiger partial charge in [-0.05, 0) is 36.8 Å². The zero-order valence-electron chi connectivity index (χ0n) is 16.8. The predicted molar refractivity (Wildman–Crippen MR) is 116 cm³/mol. The molecule has 158 valence electrons. The fourth-order valence-electron chi connectivity index (χ4n) is 2.83. The van der Waals surface area contributed by atoms with E-state index in [2.05, 4.69) is 10.6 Å². The van der Waals surface area contributed by atoms with Crippen molar-refractivity contribution in [3.63, 3.8) is 0 Å². The molecule has 0 spiro atoms. The summed E-state index contributed by atoms with van der Waals surface area (Å²) in [6, 6.07) is 17.9. The van der Waals surface area contributed by atoms with Crippen LogP contribution in [0.2, 0.25) is 0 Å². The molecule has 3 aromatic rings. The van der Waals surface area contributed by atoms with Crippen molar-refractivity contribution >= 4 is 23.6 Å². The number of amides is 2. The minimum atomic E-state index is -0.489. The zero-order chi connectivity index (χ0) is 22.2. The van der Waals surface area contributed by atoms with Crippen LogP contribution in [0.3, 0.4) is 0 Å². The first-order valence-electron chi connectivity index (χ1n) is 9.69. The zero-order valence-corrected chi connectivity index (χ0v) is 16.8. The fraction of sp³-hybridized carbons (Fsp3) is 0.130. The standard InChI is InChI=1S/C23H21N3O5/c1-2-14-24-23(28)19(25-22(27)16-8-4-3-5-9-16)15-17-12-13-21(31-17)18-10-6-7-11-20(18)26(29)30/h3-13,15H,2,14H2,1H3,(H,24,28)(H,25,27)/b19-15+. The number of nitro groups is 1. The van der Waals surface area contributed by atoms with Crippen LogP contribution in [0.4, 0.5) is 5.69 Å². The van der Waals surface area contributed by atoms with Crippen LogP contribution in [0.15, 0.2) is 76.8 Å². The number of carbonyl (C=O) groups is 2. The molecule has 0 aliphatic rings. The van der Waals surface area contributed by atoms with Crippen molar-refractivity contribution in [1.29, 1.82) is 0 Å². The van der Waals surface area contributed by atoms with Crippen LogP contribution in [0.25, 0.3) is 17.4 Å². The van der Waals surface area contributed by atoms with Crippen LogP contribution in [0.5, 0.6) is 0 Å². The molecule has 0 radical (unpaired) electrons. The van der Waals surface area contributed by atoms with E-state index in [0.717, 1.165) is 6.42 Å². The number of para-hydroxylation sites is 1. The Morgan fingerprint density at radius 2 is 1.74 bits per heavy atom. The van der Waals surface area contributed by atoms with E-state index in [1.165, 1.54) is 12.1 Å². The average molecular weight is 419 g/mol. The molecular weight excluding hydrogens is 398 g/mol. The SMILES string of the molecule is CCCNC(=O)/C(=C\c1ccc(-c2ccccc2[N+](=O)[O-])o1)NC(=O)c1ccccc1. The minimum absolute atomic E-state index is 0.00534. The predicted octanol–water partition coefficient (Wildman–Crippen LogP) is 4.15. The van der Waals surface area contributed by atoms with E-state index in [1.807, 2.05) is 6.92 Å². The van der Waals surface area contributed by atoms with Gasteiger partial charge < -0.3 is 15.1 Å². The first-order valence-corrected chi connectivity index (χ1v) is 9.69. The molecule has 1 heterocycles. The molecule has 2 amide bonds. The van der Waals surface area contributed by atoms with E-state index in [1.54, 1.807) is 60.7 Å². The molecule has 0 fully saturated rings. The van der Waals surface area contributed by atoms with Gasteiger partial charge in [-0.25, -0.2) is 0 Å². The van der Waals surface area contributed by atoms with Crippen LogP contribution in [-0.4, -0.2) is 23.3 Å². The maximum atomic E-state index is 12.6. The van der Waals surface area contributed by atoms with Crippen molar-refractivity contribution < 1.29 is 18.9 Å². The van der Waals surface area contributed by atoms with Crippen molar-refractivity contribution in [2.24, 2.45) is 0 Å². The second-order valence-electron chi connectivity index (χ2n) is 6.61. The van der Waals surface area contributed by atoms with Gasteiger partial charge in [0.05, 0.1) is 10.5 Å². The Kier molecular flexibility index (Phi) is 6.95. The number of nitrogens with zero attached hydrogens (tertiary/aromatic N) is 1. The Bertz CT molecular complexity index is 1120. The summed E-state index contributed by atoms with van der Waals surface area (Å²) in [6.07, 6.45) is 2.12. The third-order valence-corrected chi connectivity index (χ3v) is 4.34. The molecule has 1 aromatic heterocycles. The summed E-state index contributed by atoms with van der Waals surface area (Å²) < 4.78 is 5.72. The number of carbonyl (C=O) groups excluding carboxylic acids is 2. The molecule has 0 atom stereocenters. The van der Waals surface area contributed by atoms with Crippen LogP contribution >= 0.6 is 0 Å². The molecule has 0 bridgehead atoms. The van der Waals surface area contributed by atoms with Gasteiger partial charge >= 0.3 is 0 Å². The molecule has 31 heavy (non-hydrogen) atoms. The number of benzene rings is 2. The third-order valence-electron chi connectivity index (χ3n) is 4.34.